The Kier molecular flexibility index (Phi) is 5.36. The number of aromatic nitrogens is 2. The Morgan fingerprint density at radius 3 is 2.79 bits per heavy atom. The van der Waals surface area contributed by atoms with Crippen molar-refractivity contribution < 1.29 is 9.72 Å². The smallest absolute Gasteiger partial charge is 0.274 e. The third-order valence-electron chi connectivity index (χ3n) is 5.06. The molecule has 0 aliphatic carbocycles. The molecule has 0 bridgehead atoms. The Bertz CT molecular complexity index is 1060. The van der Waals surface area contributed by atoms with E-state index in [0.717, 1.165) is 42.2 Å². The van der Waals surface area contributed by atoms with Gasteiger partial charge >= 0.3 is 0 Å². The summed E-state index contributed by atoms with van der Waals surface area (Å²) in [7, 11) is 0. The number of fused-ring (bicyclic) bond motifs is 1. The normalized spacial score (nSPS) is 14.9. The van der Waals surface area contributed by atoms with Gasteiger partial charge in [-0.25, -0.2) is 9.97 Å². The number of thiophene rings is 1. The van der Waals surface area contributed by atoms with Crippen LogP contribution in [0.5, 0.6) is 0 Å². The highest BCUT2D eigenvalue weighted by atomic mass is 32.1. The standard InChI is InChI=1S/C19H20N6O3S/c1-13-15(3-2-4-16(13)25(27)28)22-17(26)11-23-6-8-24(9-7-23)18-14-5-10-29-19(14)21-12-20-18/h2-5,10,12H,6-9,11H2,1H3,(H,22,26). The number of carbonyl (C=O) groups is 1. The number of benzene rings is 1. The molecule has 3 aromatic rings. The van der Waals surface area contributed by atoms with Crippen LogP contribution in [-0.4, -0.2) is 58.4 Å². The number of nitrogens with zero attached hydrogens (tertiary/aromatic N) is 5. The van der Waals surface area contributed by atoms with Crippen molar-refractivity contribution in [3.8, 4) is 0 Å². The quantitative estimate of drug-likeness (QED) is 0.507. The van der Waals surface area contributed by atoms with Gasteiger partial charge in [0.15, 0.2) is 0 Å². The number of anilines is 2. The maximum Gasteiger partial charge on any atom is 0.274 e. The summed E-state index contributed by atoms with van der Waals surface area (Å²) in [5, 5.41) is 16.9. The van der Waals surface area contributed by atoms with Crippen LogP contribution in [0.15, 0.2) is 36.0 Å². The number of nitrogens with one attached hydrogen (secondary N) is 1. The van der Waals surface area contributed by atoms with Crippen LogP contribution >= 0.6 is 11.3 Å². The largest absolute Gasteiger partial charge is 0.353 e. The first-order valence-corrected chi connectivity index (χ1v) is 10.1. The zero-order chi connectivity index (χ0) is 20.4. The predicted molar refractivity (Wildman–Crippen MR) is 113 cm³/mol. The molecule has 0 spiro atoms. The fourth-order valence-electron chi connectivity index (χ4n) is 3.50. The fraction of sp³-hybridized carbons (Fsp3) is 0.316. The molecular weight excluding hydrogens is 392 g/mol. The van der Waals surface area contributed by atoms with Gasteiger partial charge in [0.05, 0.1) is 28.1 Å². The van der Waals surface area contributed by atoms with Crippen LogP contribution in [0.4, 0.5) is 17.2 Å². The number of piperazine rings is 1. The van der Waals surface area contributed by atoms with Gasteiger partial charge in [-0.05, 0) is 24.4 Å². The van der Waals surface area contributed by atoms with E-state index in [1.807, 2.05) is 11.4 Å². The number of rotatable bonds is 5. The maximum absolute atomic E-state index is 12.5. The van der Waals surface area contributed by atoms with Gasteiger partial charge in [-0.15, -0.1) is 11.3 Å². The topological polar surface area (TPSA) is 104 Å². The van der Waals surface area contributed by atoms with Gasteiger partial charge in [-0.2, -0.15) is 0 Å². The summed E-state index contributed by atoms with van der Waals surface area (Å²) in [6.07, 6.45) is 1.59. The summed E-state index contributed by atoms with van der Waals surface area (Å²) in [5.74, 6) is 0.761. The van der Waals surface area contributed by atoms with Crippen molar-refractivity contribution in [3.63, 3.8) is 0 Å². The van der Waals surface area contributed by atoms with Gasteiger partial charge in [0.25, 0.3) is 5.69 Å². The molecule has 1 aliphatic heterocycles. The highest BCUT2D eigenvalue weighted by molar-refractivity contribution is 7.16. The van der Waals surface area contributed by atoms with E-state index in [1.165, 1.54) is 6.07 Å². The minimum atomic E-state index is -0.443. The molecule has 0 unspecified atom stereocenters. The Hall–Kier alpha value is -3.11. The molecular formula is C19H20N6O3S. The van der Waals surface area contributed by atoms with E-state index in [9.17, 15) is 14.9 Å². The van der Waals surface area contributed by atoms with E-state index >= 15 is 0 Å². The first-order chi connectivity index (χ1) is 14.0. The van der Waals surface area contributed by atoms with Crippen LogP contribution in [0.2, 0.25) is 0 Å². The molecule has 29 heavy (non-hydrogen) atoms. The molecule has 150 valence electrons. The van der Waals surface area contributed by atoms with Gasteiger partial charge in [-0.3, -0.25) is 19.8 Å². The highest BCUT2D eigenvalue weighted by Gasteiger charge is 2.22. The van der Waals surface area contributed by atoms with E-state index in [1.54, 1.807) is 36.7 Å². The molecule has 1 fully saturated rings. The molecule has 1 saturated heterocycles. The first kappa shape index (κ1) is 19.2. The number of nitro groups is 1. The van der Waals surface area contributed by atoms with Crippen LogP contribution in [0.1, 0.15) is 5.56 Å². The van der Waals surface area contributed by atoms with Gasteiger partial charge < -0.3 is 10.2 Å². The van der Waals surface area contributed by atoms with Gasteiger partial charge in [0.2, 0.25) is 5.91 Å². The zero-order valence-electron chi connectivity index (χ0n) is 15.9. The SMILES string of the molecule is Cc1c(NC(=O)CN2CCN(c3ncnc4sccc34)CC2)cccc1[N+](=O)[O-]. The number of hydrogen-bond acceptors (Lipinski definition) is 8. The fourth-order valence-corrected chi connectivity index (χ4v) is 4.22. The van der Waals surface area contributed by atoms with Crippen molar-refractivity contribution in [1.82, 2.24) is 14.9 Å². The number of carbonyl (C=O) groups excluding carboxylic acids is 1. The average Bonchev–Trinajstić information content (AvgIpc) is 3.19. The van der Waals surface area contributed by atoms with Crippen LogP contribution in [0, 0.1) is 17.0 Å². The summed E-state index contributed by atoms with van der Waals surface area (Å²) in [6, 6.07) is 6.73. The van der Waals surface area contributed by atoms with Gasteiger partial charge in [-0.1, -0.05) is 6.07 Å². The summed E-state index contributed by atoms with van der Waals surface area (Å²) in [6.45, 7) is 4.89. The van der Waals surface area contributed by atoms with Crippen molar-refractivity contribution >= 4 is 44.7 Å². The molecule has 3 heterocycles. The molecule has 2 aromatic heterocycles. The van der Waals surface area contributed by atoms with Crippen molar-refractivity contribution in [2.45, 2.75) is 6.92 Å². The average molecular weight is 412 g/mol. The van der Waals surface area contributed by atoms with Crippen molar-refractivity contribution in [1.29, 1.82) is 0 Å². The number of hydrogen-bond donors (Lipinski definition) is 1. The minimum absolute atomic E-state index is 0.000935. The Morgan fingerprint density at radius 2 is 2.03 bits per heavy atom. The molecule has 1 aromatic carbocycles. The van der Waals surface area contributed by atoms with Gasteiger partial charge in [0.1, 0.15) is 17.0 Å². The van der Waals surface area contributed by atoms with Crippen LogP contribution in [-0.2, 0) is 4.79 Å². The lowest BCUT2D eigenvalue weighted by Crippen LogP contribution is -2.49. The second kappa shape index (κ2) is 8.10. The lowest BCUT2D eigenvalue weighted by molar-refractivity contribution is -0.385. The van der Waals surface area contributed by atoms with E-state index in [4.69, 9.17) is 0 Å². The molecule has 4 rings (SSSR count). The summed E-state index contributed by atoms with van der Waals surface area (Å²) < 4.78 is 0. The molecule has 1 N–H and O–H groups in total. The third kappa shape index (κ3) is 4.03. The highest BCUT2D eigenvalue weighted by Crippen LogP contribution is 2.27. The molecule has 0 saturated carbocycles. The van der Waals surface area contributed by atoms with E-state index in [-0.39, 0.29) is 18.1 Å². The lowest BCUT2D eigenvalue weighted by Gasteiger charge is -2.35. The van der Waals surface area contributed by atoms with Crippen molar-refractivity contribution in [2.24, 2.45) is 0 Å². The molecule has 0 atom stereocenters. The Morgan fingerprint density at radius 1 is 1.24 bits per heavy atom. The predicted octanol–water partition coefficient (Wildman–Crippen LogP) is 2.67. The second-order valence-electron chi connectivity index (χ2n) is 6.85. The number of nitro benzene ring substituents is 1. The molecule has 9 nitrogen and oxygen atoms in total. The zero-order valence-corrected chi connectivity index (χ0v) is 16.7. The third-order valence-corrected chi connectivity index (χ3v) is 5.88. The lowest BCUT2D eigenvalue weighted by atomic mass is 10.1. The number of amides is 1. The summed E-state index contributed by atoms with van der Waals surface area (Å²) >= 11 is 1.60. The molecule has 1 aliphatic rings. The van der Waals surface area contributed by atoms with Gasteiger partial charge in [0, 0.05) is 32.2 Å². The summed E-state index contributed by atoms with van der Waals surface area (Å²) in [5.41, 5.74) is 0.934. The Balaban J connectivity index is 1.35. The maximum atomic E-state index is 12.5. The minimum Gasteiger partial charge on any atom is -0.353 e. The van der Waals surface area contributed by atoms with E-state index in [0.29, 0.717) is 11.3 Å². The van der Waals surface area contributed by atoms with Crippen LogP contribution < -0.4 is 10.2 Å². The Labute approximate surface area is 171 Å². The second-order valence-corrected chi connectivity index (χ2v) is 7.75. The van der Waals surface area contributed by atoms with E-state index in [2.05, 4.69) is 25.1 Å². The molecule has 0 radical (unpaired) electrons. The van der Waals surface area contributed by atoms with E-state index < -0.39 is 4.92 Å². The summed E-state index contributed by atoms with van der Waals surface area (Å²) in [4.78, 5) is 37.1. The monoisotopic (exact) mass is 412 g/mol. The molecule has 1 amide bonds. The first-order valence-electron chi connectivity index (χ1n) is 9.22. The van der Waals surface area contributed by atoms with Crippen LogP contribution in [0.25, 0.3) is 10.2 Å². The molecule has 10 heteroatoms. The van der Waals surface area contributed by atoms with Crippen molar-refractivity contribution in [3.05, 3.63) is 51.7 Å². The van der Waals surface area contributed by atoms with Crippen molar-refractivity contribution in [2.75, 3.05) is 42.9 Å². The van der Waals surface area contributed by atoms with Crippen LogP contribution in [0.3, 0.4) is 0 Å².